The van der Waals surface area contributed by atoms with Gasteiger partial charge in [-0.15, -0.1) is 11.8 Å². The highest BCUT2D eigenvalue weighted by Gasteiger charge is 2.38. The molecule has 0 bridgehead atoms. The van der Waals surface area contributed by atoms with Crippen LogP contribution in [0.2, 0.25) is 0 Å². The minimum Gasteiger partial charge on any atom is -0.377 e. The molecule has 2 aliphatic rings. The Morgan fingerprint density at radius 3 is 2.00 bits per heavy atom. The molecule has 2 heterocycles. The zero-order valence-corrected chi connectivity index (χ0v) is 20.5. The third-order valence-corrected chi connectivity index (χ3v) is 6.72. The number of carbonyl (C=O) groups excluding carboxylic acids is 4. The molecule has 1 fully saturated rings. The van der Waals surface area contributed by atoms with Gasteiger partial charge >= 0.3 is 0 Å². The number of imide groups is 2. The van der Waals surface area contributed by atoms with Crippen LogP contribution in [0.3, 0.4) is 0 Å². The van der Waals surface area contributed by atoms with E-state index in [0.717, 1.165) is 17.1 Å². The zero-order valence-electron chi connectivity index (χ0n) is 19.7. The van der Waals surface area contributed by atoms with Crippen molar-refractivity contribution in [2.24, 2.45) is 5.92 Å². The summed E-state index contributed by atoms with van der Waals surface area (Å²) < 4.78 is 16.2. The molecule has 2 unspecified atom stereocenters. The number of hydrogen-bond donors (Lipinski definition) is 0. The number of likely N-dealkylation sites (tertiary alicyclic amines) is 1. The first kappa shape index (κ1) is 27.5. The van der Waals surface area contributed by atoms with Crippen LogP contribution >= 0.6 is 11.8 Å². The summed E-state index contributed by atoms with van der Waals surface area (Å²) in [4.78, 5) is 49.8. The highest BCUT2D eigenvalue weighted by Crippen LogP contribution is 2.27. The maximum atomic E-state index is 12.5. The molecule has 4 amide bonds. The van der Waals surface area contributed by atoms with E-state index in [1.54, 1.807) is 11.8 Å². The summed E-state index contributed by atoms with van der Waals surface area (Å²) in [5, 5.41) is -0.257. The van der Waals surface area contributed by atoms with Crippen LogP contribution in [-0.2, 0) is 33.4 Å². The largest absolute Gasteiger partial charge is 0.377 e. The molecule has 1 saturated heterocycles. The third kappa shape index (κ3) is 9.56. The first-order chi connectivity index (χ1) is 15.9. The van der Waals surface area contributed by atoms with Gasteiger partial charge in [-0.05, 0) is 18.1 Å². The van der Waals surface area contributed by atoms with Crippen molar-refractivity contribution in [3.8, 4) is 0 Å². The van der Waals surface area contributed by atoms with Crippen LogP contribution in [0.4, 0.5) is 0 Å². The summed E-state index contributed by atoms with van der Waals surface area (Å²) in [5.41, 5.74) is 0. The molecule has 0 spiro atoms. The van der Waals surface area contributed by atoms with Crippen LogP contribution in [0, 0.1) is 5.92 Å². The number of hydrogen-bond acceptors (Lipinski definition) is 8. The number of rotatable bonds is 18. The molecule has 0 N–H and O–H groups in total. The molecule has 0 saturated carbocycles. The number of ether oxygens (including phenoxy) is 3. The average molecular weight is 485 g/mol. The summed E-state index contributed by atoms with van der Waals surface area (Å²) in [6.45, 7) is 6.87. The Morgan fingerprint density at radius 2 is 1.42 bits per heavy atom. The molecular weight excluding hydrogens is 448 g/mol. The lowest BCUT2D eigenvalue weighted by molar-refractivity contribution is -0.140. The van der Waals surface area contributed by atoms with Gasteiger partial charge in [0.15, 0.2) is 0 Å². The molecule has 9 nitrogen and oxygen atoms in total. The quantitative estimate of drug-likeness (QED) is 0.214. The van der Waals surface area contributed by atoms with Gasteiger partial charge in [0.2, 0.25) is 11.8 Å². The summed E-state index contributed by atoms with van der Waals surface area (Å²) >= 11 is 1.60. The summed E-state index contributed by atoms with van der Waals surface area (Å²) in [6, 6.07) is 0. The predicted molar refractivity (Wildman–Crippen MR) is 125 cm³/mol. The minimum atomic E-state index is -0.319. The fourth-order valence-electron chi connectivity index (χ4n) is 3.57. The first-order valence-electron chi connectivity index (χ1n) is 11.7. The Kier molecular flexibility index (Phi) is 12.7. The van der Waals surface area contributed by atoms with E-state index in [1.165, 1.54) is 29.9 Å². The molecule has 2 atom stereocenters. The highest BCUT2D eigenvalue weighted by atomic mass is 32.2. The Bertz CT molecular complexity index is 682. The van der Waals surface area contributed by atoms with E-state index in [9.17, 15) is 19.2 Å². The monoisotopic (exact) mass is 484 g/mol. The van der Waals surface area contributed by atoms with E-state index >= 15 is 0 Å². The van der Waals surface area contributed by atoms with Crippen LogP contribution in [0.5, 0.6) is 0 Å². The lowest BCUT2D eigenvalue weighted by Gasteiger charge is -2.15. The molecule has 2 aliphatic heterocycles. The van der Waals surface area contributed by atoms with Crippen molar-refractivity contribution in [2.45, 2.75) is 44.8 Å². The second-order valence-corrected chi connectivity index (χ2v) is 9.44. The number of thioether (sulfide) groups is 1. The average Bonchev–Trinajstić information content (AvgIpc) is 3.24. The van der Waals surface area contributed by atoms with Gasteiger partial charge in [0.05, 0.1) is 58.0 Å². The Morgan fingerprint density at radius 1 is 0.879 bits per heavy atom. The van der Waals surface area contributed by atoms with E-state index in [2.05, 4.69) is 13.8 Å². The molecule has 33 heavy (non-hydrogen) atoms. The Balaban J connectivity index is 1.44. The standard InChI is InChI=1S/C23H36N2O7S/c1-3-4-18(2)7-16-33-19-17-22(28)25(23(19)29)9-11-31-13-15-32-14-12-30-10-8-24-20(26)5-6-21(24)27/h5-6,18-19H,3-4,7-17H2,1-2H3. The van der Waals surface area contributed by atoms with Gasteiger partial charge in [-0.3, -0.25) is 29.0 Å². The van der Waals surface area contributed by atoms with E-state index < -0.39 is 0 Å². The van der Waals surface area contributed by atoms with Gasteiger partial charge in [-0.25, -0.2) is 0 Å². The maximum Gasteiger partial charge on any atom is 0.253 e. The summed E-state index contributed by atoms with van der Waals surface area (Å²) in [6.07, 6.45) is 6.20. The second kappa shape index (κ2) is 15.2. The van der Waals surface area contributed by atoms with Crippen molar-refractivity contribution in [1.82, 2.24) is 9.80 Å². The fourth-order valence-corrected chi connectivity index (χ4v) is 4.92. The highest BCUT2D eigenvalue weighted by molar-refractivity contribution is 8.00. The van der Waals surface area contributed by atoms with Crippen molar-refractivity contribution < 1.29 is 33.4 Å². The third-order valence-electron chi connectivity index (χ3n) is 5.48. The minimum absolute atomic E-state index is 0.0988. The molecule has 0 aromatic heterocycles. The second-order valence-electron chi connectivity index (χ2n) is 8.13. The van der Waals surface area contributed by atoms with Crippen LogP contribution in [0.1, 0.15) is 39.5 Å². The van der Waals surface area contributed by atoms with Crippen LogP contribution in [0.15, 0.2) is 12.2 Å². The van der Waals surface area contributed by atoms with Crippen molar-refractivity contribution >= 4 is 35.4 Å². The molecular formula is C23H36N2O7S. The number of nitrogens with zero attached hydrogens (tertiary/aromatic N) is 2. The van der Waals surface area contributed by atoms with Gasteiger partial charge in [0.1, 0.15) is 0 Å². The molecule has 0 aromatic carbocycles. The van der Waals surface area contributed by atoms with E-state index in [-0.39, 0.29) is 61.6 Å². The van der Waals surface area contributed by atoms with E-state index in [4.69, 9.17) is 14.2 Å². The molecule has 0 aliphatic carbocycles. The van der Waals surface area contributed by atoms with Crippen molar-refractivity contribution in [3.63, 3.8) is 0 Å². The van der Waals surface area contributed by atoms with Crippen molar-refractivity contribution in [1.29, 1.82) is 0 Å². The van der Waals surface area contributed by atoms with Gasteiger partial charge in [0.25, 0.3) is 11.8 Å². The SMILES string of the molecule is CCCC(C)CCSC1CC(=O)N(CCOCCOCCOCCN2C(=O)C=CC2=O)C1=O. The lowest BCUT2D eigenvalue weighted by atomic mass is 10.0. The van der Waals surface area contributed by atoms with Gasteiger partial charge < -0.3 is 14.2 Å². The Labute approximate surface area is 200 Å². The van der Waals surface area contributed by atoms with Gasteiger partial charge in [0, 0.05) is 18.6 Å². The van der Waals surface area contributed by atoms with E-state index in [0.29, 0.717) is 32.3 Å². The molecule has 186 valence electrons. The maximum absolute atomic E-state index is 12.5. The first-order valence-corrected chi connectivity index (χ1v) is 12.7. The van der Waals surface area contributed by atoms with Gasteiger partial charge in [-0.1, -0.05) is 26.7 Å². The summed E-state index contributed by atoms with van der Waals surface area (Å²) in [7, 11) is 0. The predicted octanol–water partition coefficient (Wildman–Crippen LogP) is 1.65. The normalized spacial score (nSPS) is 19.4. The van der Waals surface area contributed by atoms with Crippen LogP contribution < -0.4 is 0 Å². The van der Waals surface area contributed by atoms with Crippen molar-refractivity contribution in [2.75, 3.05) is 58.5 Å². The Hall–Kier alpha value is -1.75. The smallest absolute Gasteiger partial charge is 0.253 e. The number of carbonyl (C=O) groups is 4. The lowest BCUT2D eigenvalue weighted by Crippen LogP contribution is -2.34. The summed E-state index contributed by atoms with van der Waals surface area (Å²) in [5.74, 6) is 0.697. The molecule has 0 aromatic rings. The van der Waals surface area contributed by atoms with Gasteiger partial charge in [-0.2, -0.15) is 0 Å². The molecule has 10 heteroatoms. The molecule has 0 radical (unpaired) electrons. The molecule has 2 rings (SSSR count). The van der Waals surface area contributed by atoms with Crippen molar-refractivity contribution in [3.05, 3.63) is 12.2 Å². The van der Waals surface area contributed by atoms with Crippen LogP contribution in [-0.4, -0.2) is 97.2 Å². The van der Waals surface area contributed by atoms with Crippen LogP contribution in [0.25, 0.3) is 0 Å². The fraction of sp³-hybridized carbons (Fsp3) is 0.739. The topological polar surface area (TPSA) is 102 Å². The zero-order chi connectivity index (χ0) is 24.1. The van der Waals surface area contributed by atoms with E-state index in [1.807, 2.05) is 0 Å². The number of amides is 4.